The zero-order valence-electron chi connectivity index (χ0n) is 9.51. The van der Waals surface area contributed by atoms with Gasteiger partial charge in [0.2, 0.25) is 0 Å². The number of benzene rings is 1. The molecule has 0 aliphatic heterocycles. The van der Waals surface area contributed by atoms with Gasteiger partial charge in [-0.1, -0.05) is 30.1 Å². The first-order valence-electron chi connectivity index (χ1n) is 5.36. The van der Waals surface area contributed by atoms with Crippen molar-refractivity contribution in [2.75, 3.05) is 0 Å². The van der Waals surface area contributed by atoms with E-state index in [1.807, 2.05) is 16.7 Å². The fourth-order valence-electron chi connectivity index (χ4n) is 1.66. The van der Waals surface area contributed by atoms with Gasteiger partial charge in [-0.2, -0.15) is 5.10 Å². The molecular weight excluding hydrogens is 357 g/mol. The lowest BCUT2D eigenvalue weighted by Crippen LogP contribution is -2.02. The Morgan fingerprint density at radius 2 is 2.11 bits per heavy atom. The van der Waals surface area contributed by atoms with Crippen molar-refractivity contribution in [2.24, 2.45) is 0 Å². The van der Waals surface area contributed by atoms with Crippen LogP contribution >= 0.6 is 51.3 Å². The topological polar surface area (TPSA) is 33.6 Å². The highest BCUT2D eigenvalue weighted by Crippen LogP contribution is 2.35. The molecule has 1 heterocycles. The molecule has 0 bridgehead atoms. The number of aromatic amines is 1. The fraction of sp³-hybridized carbons (Fsp3) is 0.273. The second-order valence-corrected chi connectivity index (χ2v) is 5.72. The Hall–Kier alpha value is -0.360. The third-order valence-corrected chi connectivity index (χ3v) is 4.51. The number of hydrogen-bond donors (Lipinski definition) is 1. The minimum atomic E-state index is 0.459. The van der Waals surface area contributed by atoms with Crippen LogP contribution in [-0.2, 0) is 6.42 Å². The zero-order chi connectivity index (χ0) is 13.3. The van der Waals surface area contributed by atoms with Crippen LogP contribution < -0.4 is 0 Å². The Morgan fingerprint density at radius 1 is 1.39 bits per heavy atom. The minimum absolute atomic E-state index is 0.459. The van der Waals surface area contributed by atoms with Gasteiger partial charge in [0.25, 0.3) is 0 Å². The van der Waals surface area contributed by atoms with Gasteiger partial charge in [-0.15, -0.1) is 0 Å². The first kappa shape index (κ1) is 14.1. The van der Waals surface area contributed by atoms with Gasteiger partial charge in [0, 0.05) is 10.9 Å². The van der Waals surface area contributed by atoms with Crippen LogP contribution in [0.3, 0.4) is 0 Å². The van der Waals surface area contributed by atoms with Crippen molar-refractivity contribution in [2.45, 2.75) is 19.8 Å². The van der Waals surface area contributed by atoms with Crippen molar-refractivity contribution < 1.29 is 0 Å². The average Bonchev–Trinajstić information content (AvgIpc) is 2.69. The number of aryl methyl sites for hydroxylation is 1. The van der Waals surface area contributed by atoms with Crippen LogP contribution in [0.1, 0.15) is 19.2 Å². The van der Waals surface area contributed by atoms with E-state index in [-0.39, 0.29) is 0 Å². The Balaban J connectivity index is 2.66. The van der Waals surface area contributed by atoms with E-state index < -0.39 is 0 Å². The summed E-state index contributed by atoms with van der Waals surface area (Å²) in [6.07, 6.45) is 1.79. The van der Waals surface area contributed by atoms with Gasteiger partial charge in [-0.3, -0.25) is 9.67 Å². The molecular formula is C11H10BrCl2N3S. The molecule has 1 aromatic carbocycles. The fourth-order valence-corrected chi connectivity index (χ4v) is 2.76. The lowest BCUT2D eigenvalue weighted by atomic mass is 10.3. The van der Waals surface area contributed by atoms with Crippen LogP contribution in [0.2, 0.25) is 10.0 Å². The standard InChI is InChI=1S/C11H10BrCl2N3S/c1-2-3-8-15-16-11(18)17(8)7-5-4-6(12)9(13)10(7)14/h4-5H,2-3H2,1H3,(H,16,18). The first-order valence-corrected chi connectivity index (χ1v) is 7.32. The minimum Gasteiger partial charge on any atom is -0.271 e. The summed E-state index contributed by atoms with van der Waals surface area (Å²) in [5.74, 6) is 0.850. The summed E-state index contributed by atoms with van der Waals surface area (Å²) < 4.78 is 3.09. The Morgan fingerprint density at radius 3 is 2.78 bits per heavy atom. The summed E-state index contributed by atoms with van der Waals surface area (Å²) in [5.41, 5.74) is 0.743. The number of aromatic nitrogens is 3. The Labute approximate surface area is 128 Å². The van der Waals surface area contributed by atoms with Crippen molar-refractivity contribution in [3.63, 3.8) is 0 Å². The second-order valence-electron chi connectivity index (χ2n) is 3.72. The van der Waals surface area contributed by atoms with E-state index in [2.05, 4.69) is 33.1 Å². The maximum atomic E-state index is 6.26. The van der Waals surface area contributed by atoms with Crippen LogP contribution in [-0.4, -0.2) is 14.8 Å². The van der Waals surface area contributed by atoms with Gasteiger partial charge in [0.15, 0.2) is 4.77 Å². The zero-order valence-corrected chi connectivity index (χ0v) is 13.4. The van der Waals surface area contributed by atoms with Gasteiger partial charge in [0.1, 0.15) is 5.82 Å². The number of hydrogen-bond acceptors (Lipinski definition) is 2. The summed E-state index contributed by atoms with van der Waals surface area (Å²) in [7, 11) is 0. The van der Waals surface area contributed by atoms with E-state index in [9.17, 15) is 0 Å². The van der Waals surface area contributed by atoms with Gasteiger partial charge >= 0.3 is 0 Å². The van der Waals surface area contributed by atoms with Crippen LogP contribution in [0.15, 0.2) is 16.6 Å². The highest BCUT2D eigenvalue weighted by molar-refractivity contribution is 9.10. The van der Waals surface area contributed by atoms with Gasteiger partial charge in [-0.25, -0.2) is 0 Å². The van der Waals surface area contributed by atoms with E-state index in [1.165, 1.54) is 0 Å². The van der Waals surface area contributed by atoms with E-state index in [0.29, 0.717) is 14.8 Å². The van der Waals surface area contributed by atoms with Gasteiger partial charge in [-0.05, 0) is 46.7 Å². The van der Waals surface area contributed by atoms with Crippen molar-refractivity contribution in [3.8, 4) is 5.69 Å². The van der Waals surface area contributed by atoms with Crippen LogP contribution in [0, 0.1) is 4.77 Å². The van der Waals surface area contributed by atoms with Crippen LogP contribution in [0.4, 0.5) is 0 Å². The maximum Gasteiger partial charge on any atom is 0.199 e. The largest absolute Gasteiger partial charge is 0.271 e. The molecule has 0 saturated carbocycles. The summed E-state index contributed by atoms with van der Waals surface area (Å²) in [6, 6.07) is 3.71. The van der Waals surface area contributed by atoms with Gasteiger partial charge in [0.05, 0.1) is 15.7 Å². The molecule has 18 heavy (non-hydrogen) atoms. The van der Waals surface area contributed by atoms with Crippen molar-refractivity contribution in [1.29, 1.82) is 0 Å². The molecule has 0 unspecified atom stereocenters. The number of halogens is 3. The van der Waals surface area contributed by atoms with E-state index in [1.54, 1.807) is 0 Å². The Kier molecular flexibility index (Phi) is 4.48. The molecule has 7 heteroatoms. The molecule has 96 valence electrons. The summed E-state index contributed by atoms with van der Waals surface area (Å²) >= 11 is 21.0. The third-order valence-electron chi connectivity index (χ3n) is 2.47. The normalized spacial score (nSPS) is 10.9. The molecule has 2 aromatic rings. The molecule has 0 fully saturated rings. The highest BCUT2D eigenvalue weighted by Gasteiger charge is 2.14. The van der Waals surface area contributed by atoms with Crippen LogP contribution in [0.5, 0.6) is 0 Å². The molecule has 2 rings (SSSR count). The quantitative estimate of drug-likeness (QED) is 0.615. The van der Waals surface area contributed by atoms with Crippen LogP contribution in [0.25, 0.3) is 5.69 Å². The molecule has 1 N–H and O–H groups in total. The highest BCUT2D eigenvalue weighted by atomic mass is 79.9. The van der Waals surface area contributed by atoms with Crippen molar-refractivity contribution in [1.82, 2.24) is 14.8 Å². The monoisotopic (exact) mass is 365 g/mol. The molecule has 3 nitrogen and oxygen atoms in total. The van der Waals surface area contributed by atoms with Gasteiger partial charge < -0.3 is 0 Å². The predicted molar refractivity (Wildman–Crippen MR) is 80.5 cm³/mol. The number of nitrogens with one attached hydrogen (secondary N) is 1. The third kappa shape index (κ3) is 2.50. The average molecular weight is 367 g/mol. The number of nitrogens with zero attached hydrogens (tertiary/aromatic N) is 2. The molecule has 0 radical (unpaired) electrons. The molecule has 1 aromatic heterocycles. The lowest BCUT2D eigenvalue weighted by molar-refractivity contribution is 0.801. The molecule has 0 saturated heterocycles. The lowest BCUT2D eigenvalue weighted by Gasteiger charge is -2.10. The van der Waals surface area contributed by atoms with Crippen molar-refractivity contribution >= 4 is 51.3 Å². The SMILES string of the molecule is CCCc1n[nH]c(=S)n1-c1ccc(Br)c(Cl)c1Cl. The summed E-state index contributed by atoms with van der Waals surface area (Å²) in [6.45, 7) is 2.08. The molecule has 0 atom stereocenters. The van der Waals surface area contributed by atoms with E-state index in [4.69, 9.17) is 35.4 Å². The molecule has 0 aliphatic rings. The maximum absolute atomic E-state index is 6.26. The second kappa shape index (κ2) is 5.74. The number of H-pyrrole nitrogens is 1. The van der Waals surface area contributed by atoms with E-state index >= 15 is 0 Å². The van der Waals surface area contributed by atoms with Crippen molar-refractivity contribution in [3.05, 3.63) is 37.2 Å². The predicted octanol–water partition coefficient (Wildman–Crippen LogP) is 4.95. The van der Waals surface area contributed by atoms with E-state index in [0.717, 1.165) is 28.8 Å². The summed E-state index contributed by atoms with van der Waals surface area (Å²) in [5, 5.41) is 7.92. The summed E-state index contributed by atoms with van der Waals surface area (Å²) in [4.78, 5) is 0. The molecule has 0 aliphatic carbocycles. The molecule has 0 spiro atoms. The molecule has 0 amide bonds. The smallest absolute Gasteiger partial charge is 0.199 e. The first-order chi connectivity index (χ1) is 8.56. The number of rotatable bonds is 3. The Bertz CT molecular complexity index is 636.